The van der Waals surface area contributed by atoms with E-state index in [4.69, 9.17) is 0 Å². The molecule has 1 saturated heterocycles. The van der Waals surface area contributed by atoms with Gasteiger partial charge in [0.1, 0.15) is 5.69 Å². The van der Waals surface area contributed by atoms with Crippen molar-refractivity contribution in [1.82, 2.24) is 10.2 Å². The van der Waals surface area contributed by atoms with E-state index in [1.807, 2.05) is 42.3 Å². The lowest BCUT2D eigenvalue weighted by Gasteiger charge is -2.32. The van der Waals surface area contributed by atoms with Gasteiger partial charge in [-0.25, -0.2) is 0 Å². The van der Waals surface area contributed by atoms with Crippen molar-refractivity contribution in [3.63, 3.8) is 0 Å². The predicted octanol–water partition coefficient (Wildman–Crippen LogP) is 3.70. The zero-order valence-corrected chi connectivity index (χ0v) is 17.3. The number of hydrogen-bond donors (Lipinski definition) is 2. The molecule has 0 spiro atoms. The third-order valence-corrected chi connectivity index (χ3v) is 5.07. The highest BCUT2D eigenvalue weighted by Gasteiger charge is 2.26. The van der Waals surface area contributed by atoms with Crippen LogP contribution in [0.4, 0.5) is 11.4 Å². The zero-order chi connectivity index (χ0) is 19.9. The molecule has 1 unspecified atom stereocenters. The van der Waals surface area contributed by atoms with Gasteiger partial charge in [-0.3, -0.25) is 14.9 Å². The van der Waals surface area contributed by atoms with Crippen molar-refractivity contribution in [1.29, 1.82) is 0 Å². The molecule has 1 fully saturated rings. The average molecular weight is 419 g/mol. The number of benzene rings is 2. The highest BCUT2D eigenvalue weighted by atomic mass is 35.5. The lowest BCUT2D eigenvalue weighted by atomic mass is 9.97. The number of nitro benzene ring substituents is 1. The second-order valence-electron chi connectivity index (χ2n) is 7.15. The Hall–Kier alpha value is -2.64. The summed E-state index contributed by atoms with van der Waals surface area (Å²) >= 11 is 0. The quantitative estimate of drug-likeness (QED) is 0.528. The number of nitrogens with zero attached hydrogens (tertiary/aromatic N) is 2. The van der Waals surface area contributed by atoms with Crippen LogP contribution in [0.15, 0.2) is 48.5 Å². The molecule has 0 aliphatic carbocycles. The Morgan fingerprint density at radius 3 is 2.69 bits per heavy atom. The summed E-state index contributed by atoms with van der Waals surface area (Å²) in [7, 11) is 1.91. The fourth-order valence-corrected chi connectivity index (χ4v) is 3.65. The minimum Gasteiger partial charge on any atom is -0.375 e. The van der Waals surface area contributed by atoms with Crippen LogP contribution in [0.3, 0.4) is 0 Å². The molecule has 3 rings (SSSR count). The topological polar surface area (TPSA) is 87.5 Å². The van der Waals surface area contributed by atoms with E-state index in [0.717, 1.165) is 24.9 Å². The summed E-state index contributed by atoms with van der Waals surface area (Å²) < 4.78 is 0. The number of halogens is 1. The zero-order valence-electron chi connectivity index (χ0n) is 16.5. The summed E-state index contributed by atoms with van der Waals surface area (Å²) in [5, 5.41) is 17.8. The number of carbonyl (C=O) groups excluding carboxylic acids is 1. The van der Waals surface area contributed by atoms with E-state index in [1.165, 1.54) is 6.07 Å². The number of likely N-dealkylation sites (tertiary alicyclic amines) is 1. The SMILES string of the molecule is CNCC1CCCN(C(=O)c2ccc(NCc3ccccc3)c([N+](=O)[O-])c2)C1.Cl. The van der Waals surface area contributed by atoms with Gasteiger partial charge in [-0.05, 0) is 50.0 Å². The van der Waals surface area contributed by atoms with Gasteiger partial charge in [0.2, 0.25) is 0 Å². The Morgan fingerprint density at radius 2 is 2.00 bits per heavy atom. The van der Waals surface area contributed by atoms with Crippen LogP contribution in [0.2, 0.25) is 0 Å². The summed E-state index contributed by atoms with van der Waals surface area (Å²) in [6.07, 6.45) is 2.05. The van der Waals surface area contributed by atoms with Crippen molar-refractivity contribution in [3.8, 4) is 0 Å². The van der Waals surface area contributed by atoms with Crippen LogP contribution in [0.1, 0.15) is 28.8 Å². The molecular formula is C21H27ClN4O3. The molecule has 0 saturated carbocycles. The van der Waals surface area contributed by atoms with Crippen LogP contribution < -0.4 is 10.6 Å². The first-order chi connectivity index (χ1) is 13.6. The Labute approximate surface area is 177 Å². The van der Waals surface area contributed by atoms with E-state index in [1.54, 1.807) is 12.1 Å². The number of carbonyl (C=O) groups is 1. The third-order valence-electron chi connectivity index (χ3n) is 5.07. The van der Waals surface area contributed by atoms with Crippen molar-refractivity contribution < 1.29 is 9.72 Å². The van der Waals surface area contributed by atoms with Crippen molar-refractivity contribution in [2.75, 3.05) is 32.0 Å². The van der Waals surface area contributed by atoms with Crippen molar-refractivity contribution in [2.45, 2.75) is 19.4 Å². The molecule has 7 nitrogen and oxygen atoms in total. The van der Waals surface area contributed by atoms with Crippen LogP contribution in [0, 0.1) is 16.0 Å². The maximum absolute atomic E-state index is 12.9. The molecule has 2 aromatic rings. The molecule has 1 heterocycles. The second kappa shape index (κ2) is 10.8. The standard InChI is InChI=1S/C21H26N4O3.ClH/c1-22-13-17-8-5-11-24(15-17)21(26)18-9-10-19(20(12-18)25(27)28)23-14-16-6-3-2-4-7-16;/h2-4,6-7,9-10,12,17,22-23H,5,8,11,13-15H2,1H3;1H. The van der Waals surface area contributed by atoms with E-state index in [2.05, 4.69) is 10.6 Å². The number of nitro groups is 1. The first kappa shape index (κ1) is 22.6. The highest BCUT2D eigenvalue weighted by Crippen LogP contribution is 2.27. The van der Waals surface area contributed by atoms with Gasteiger partial charge in [-0.15, -0.1) is 12.4 Å². The molecule has 1 aliphatic rings. The summed E-state index contributed by atoms with van der Waals surface area (Å²) in [5.74, 6) is 0.281. The smallest absolute Gasteiger partial charge is 0.293 e. The van der Waals surface area contributed by atoms with Gasteiger partial charge < -0.3 is 15.5 Å². The van der Waals surface area contributed by atoms with Crippen LogP contribution in [0.5, 0.6) is 0 Å². The van der Waals surface area contributed by atoms with Crippen LogP contribution in [0.25, 0.3) is 0 Å². The van der Waals surface area contributed by atoms with Crippen molar-refractivity contribution >= 4 is 29.7 Å². The van der Waals surface area contributed by atoms with Gasteiger partial charge in [0.05, 0.1) is 4.92 Å². The molecule has 29 heavy (non-hydrogen) atoms. The Balaban J connectivity index is 0.00000300. The molecular weight excluding hydrogens is 392 g/mol. The molecule has 2 N–H and O–H groups in total. The van der Waals surface area contributed by atoms with Gasteiger partial charge >= 0.3 is 0 Å². The van der Waals surface area contributed by atoms with Gasteiger partial charge in [-0.1, -0.05) is 30.3 Å². The Kier molecular flexibility index (Phi) is 8.42. The van der Waals surface area contributed by atoms with Crippen molar-refractivity contribution in [3.05, 3.63) is 69.8 Å². The fourth-order valence-electron chi connectivity index (χ4n) is 3.65. The van der Waals surface area contributed by atoms with Gasteiger partial charge in [0, 0.05) is 31.3 Å². The summed E-state index contributed by atoms with van der Waals surface area (Å²) in [6, 6.07) is 14.4. The summed E-state index contributed by atoms with van der Waals surface area (Å²) in [6.45, 7) is 2.72. The van der Waals surface area contributed by atoms with Crippen LogP contribution in [-0.4, -0.2) is 42.4 Å². The van der Waals surface area contributed by atoms with Gasteiger partial charge in [0.15, 0.2) is 0 Å². The van der Waals surface area contributed by atoms with E-state index in [9.17, 15) is 14.9 Å². The van der Waals surface area contributed by atoms with E-state index in [-0.39, 0.29) is 24.0 Å². The molecule has 2 aromatic carbocycles. The fraction of sp³-hybridized carbons (Fsp3) is 0.381. The first-order valence-electron chi connectivity index (χ1n) is 9.58. The largest absolute Gasteiger partial charge is 0.375 e. The van der Waals surface area contributed by atoms with E-state index < -0.39 is 4.92 Å². The maximum atomic E-state index is 12.9. The van der Waals surface area contributed by atoms with E-state index in [0.29, 0.717) is 36.8 Å². The number of amides is 1. The summed E-state index contributed by atoms with van der Waals surface area (Å²) in [5.41, 5.74) is 1.73. The second-order valence-corrected chi connectivity index (χ2v) is 7.15. The molecule has 0 radical (unpaired) electrons. The lowest BCUT2D eigenvalue weighted by molar-refractivity contribution is -0.384. The molecule has 0 aromatic heterocycles. The number of piperidine rings is 1. The normalized spacial score (nSPS) is 16.0. The van der Waals surface area contributed by atoms with Crippen molar-refractivity contribution in [2.24, 2.45) is 5.92 Å². The molecule has 1 aliphatic heterocycles. The minimum absolute atomic E-state index is 0. The lowest BCUT2D eigenvalue weighted by Crippen LogP contribution is -2.42. The summed E-state index contributed by atoms with van der Waals surface area (Å²) in [4.78, 5) is 25.8. The number of anilines is 1. The molecule has 0 bridgehead atoms. The Morgan fingerprint density at radius 1 is 1.24 bits per heavy atom. The number of hydrogen-bond acceptors (Lipinski definition) is 5. The molecule has 156 valence electrons. The number of rotatable bonds is 7. The maximum Gasteiger partial charge on any atom is 0.293 e. The van der Waals surface area contributed by atoms with Gasteiger partial charge in [0.25, 0.3) is 11.6 Å². The van der Waals surface area contributed by atoms with Crippen LogP contribution in [-0.2, 0) is 6.54 Å². The van der Waals surface area contributed by atoms with Crippen LogP contribution >= 0.6 is 12.4 Å². The third kappa shape index (κ3) is 5.92. The molecule has 8 heteroatoms. The van der Waals surface area contributed by atoms with Gasteiger partial charge in [-0.2, -0.15) is 0 Å². The minimum atomic E-state index is -0.440. The molecule has 1 amide bonds. The number of nitrogens with one attached hydrogen (secondary N) is 2. The monoisotopic (exact) mass is 418 g/mol. The Bertz CT molecular complexity index is 830. The highest BCUT2D eigenvalue weighted by molar-refractivity contribution is 5.95. The molecule has 1 atom stereocenters. The average Bonchev–Trinajstić information content (AvgIpc) is 2.73. The predicted molar refractivity (Wildman–Crippen MR) is 117 cm³/mol. The first-order valence-corrected chi connectivity index (χ1v) is 9.58. The van der Waals surface area contributed by atoms with E-state index >= 15 is 0 Å².